The Balaban J connectivity index is 2.60. The molecule has 1 fully saturated rings. The minimum Gasteiger partial charge on any atom is -0.326 e. The van der Waals surface area contributed by atoms with E-state index in [9.17, 15) is 9.59 Å². The fraction of sp³-hybridized carbons (Fsp3) is 0.556. The lowest BCUT2D eigenvalue weighted by Gasteiger charge is -2.09. The zero-order valence-corrected chi connectivity index (χ0v) is 7.54. The summed E-state index contributed by atoms with van der Waals surface area (Å²) in [6.07, 6.45) is 6.08. The molecule has 4 nitrogen and oxygen atoms in total. The fourth-order valence-electron chi connectivity index (χ4n) is 1.24. The van der Waals surface area contributed by atoms with Crippen LogP contribution in [0, 0.1) is 12.3 Å². The molecule has 0 aliphatic carbocycles. The van der Waals surface area contributed by atoms with Crippen molar-refractivity contribution in [2.75, 3.05) is 6.54 Å². The van der Waals surface area contributed by atoms with Crippen LogP contribution in [0.3, 0.4) is 0 Å². The minimum atomic E-state index is -0.356. The summed E-state index contributed by atoms with van der Waals surface area (Å²) < 4.78 is 0. The Morgan fingerprint density at radius 1 is 1.62 bits per heavy atom. The second-order valence-electron chi connectivity index (χ2n) is 2.85. The molecule has 1 rings (SSSR count). The van der Waals surface area contributed by atoms with Crippen LogP contribution in [-0.4, -0.2) is 29.4 Å². The predicted octanol–water partition coefficient (Wildman–Crippen LogP) is 0.340. The molecule has 1 N–H and O–H groups in total. The predicted molar refractivity (Wildman–Crippen MR) is 47.8 cm³/mol. The van der Waals surface area contributed by atoms with E-state index in [1.807, 2.05) is 6.92 Å². The molecule has 1 aliphatic heterocycles. The van der Waals surface area contributed by atoms with Crippen molar-refractivity contribution < 1.29 is 9.59 Å². The van der Waals surface area contributed by atoms with Gasteiger partial charge < -0.3 is 5.32 Å². The van der Waals surface area contributed by atoms with E-state index in [-0.39, 0.29) is 18.0 Å². The zero-order valence-electron chi connectivity index (χ0n) is 7.54. The lowest BCUT2D eigenvalue weighted by molar-refractivity contribution is -0.127. The first kappa shape index (κ1) is 9.59. The van der Waals surface area contributed by atoms with E-state index in [2.05, 4.69) is 11.2 Å². The van der Waals surface area contributed by atoms with Crippen LogP contribution in [0.2, 0.25) is 0 Å². The van der Waals surface area contributed by atoms with Crippen LogP contribution in [0.4, 0.5) is 4.79 Å². The third-order valence-electron chi connectivity index (χ3n) is 1.99. The molecule has 4 heteroatoms. The highest BCUT2D eigenvalue weighted by molar-refractivity contribution is 6.04. The summed E-state index contributed by atoms with van der Waals surface area (Å²) in [5.74, 6) is 2.23. The SMILES string of the molecule is C#CCCN1C(=O)N[C@@H](CC)C1=O. The molecule has 1 saturated heterocycles. The lowest BCUT2D eigenvalue weighted by atomic mass is 10.2. The summed E-state index contributed by atoms with van der Waals surface area (Å²) in [7, 11) is 0. The van der Waals surface area contributed by atoms with Crippen LogP contribution in [-0.2, 0) is 4.79 Å². The number of amides is 3. The highest BCUT2D eigenvalue weighted by Crippen LogP contribution is 2.08. The average Bonchev–Trinajstić information content (AvgIpc) is 2.39. The molecule has 3 amide bonds. The molecular formula is C9H12N2O2. The lowest BCUT2D eigenvalue weighted by Crippen LogP contribution is -2.32. The highest BCUT2D eigenvalue weighted by atomic mass is 16.2. The summed E-state index contributed by atoms with van der Waals surface area (Å²) in [6, 6.07) is -0.683. The minimum absolute atomic E-state index is 0.164. The van der Waals surface area contributed by atoms with Crippen LogP contribution in [0.1, 0.15) is 19.8 Å². The maximum atomic E-state index is 11.4. The number of imide groups is 1. The third kappa shape index (κ3) is 1.81. The van der Waals surface area contributed by atoms with Gasteiger partial charge in [-0.2, -0.15) is 0 Å². The molecule has 1 aliphatic rings. The number of rotatable bonds is 3. The van der Waals surface area contributed by atoms with E-state index in [0.717, 1.165) is 0 Å². The standard InChI is InChI=1S/C9H12N2O2/c1-3-5-6-11-8(12)7(4-2)10-9(11)13/h1,7H,4-6H2,2H3,(H,10,13)/t7-/m0/s1. The Labute approximate surface area is 77.3 Å². The van der Waals surface area contributed by atoms with Gasteiger partial charge in [0.1, 0.15) is 6.04 Å². The van der Waals surface area contributed by atoms with Gasteiger partial charge in [0.2, 0.25) is 0 Å². The van der Waals surface area contributed by atoms with Gasteiger partial charge in [0.25, 0.3) is 5.91 Å². The Bertz CT molecular complexity index is 267. The topological polar surface area (TPSA) is 49.4 Å². The number of nitrogens with one attached hydrogen (secondary N) is 1. The second-order valence-corrected chi connectivity index (χ2v) is 2.85. The number of carbonyl (C=O) groups is 2. The van der Waals surface area contributed by atoms with Crippen LogP contribution in [0.25, 0.3) is 0 Å². The summed E-state index contributed by atoms with van der Waals surface area (Å²) >= 11 is 0. The second kappa shape index (κ2) is 3.94. The molecule has 13 heavy (non-hydrogen) atoms. The molecule has 0 spiro atoms. The zero-order chi connectivity index (χ0) is 9.84. The molecule has 0 aromatic carbocycles. The van der Waals surface area contributed by atoms with Gasteiger partial charge in [-0.05, 0) is 6.42 Å². The van der Waals surface area contributed by atoms with E-state index in [4.69, 9.17) is 6.42 Å². The molecule has 0 saturated carbocycles. The van der Waals surface area contributed by atoms with Crippen molar-refractivity contribution in [3.05, 3.63) is 0 Å². The molecule has 0 unspecified atom stereocenters. The van der Waals surface area contributed by atoms with Crippen molar-refractivity contribution in [1.82, 2.24) is 10.2 Å². The quantitative estimate of drug-likeness (QED) is 0.503. The summed E-state index contributed by atoms with van der Waals surface area (Å²) in [5, 5.41) is 2.58. The Hall–Kier alpha value is -1.50. The van der Waals surface area contributed by atoms with E-state index < -0.39 is 0 Å². The van der Waals surface area contributed by atoms with Gasteiger partial charge in [-0.1, -0.05) is 6.92 Å². The average molecular weight is 180 g/mol. The van der Waals surface area contributed by atoms with Crippen LogP contribution < -0.4 is 5.32 Å². The van der Waals surface area contributed by atoms with Crippen molar-refractivity contribution >= 4 is 11.9 Å². The van der Waals surface area contributed by atoms with Crippen molar-refractivity contribution in [3.8, 4) is 12.3 Å². The monoisotopic (exact) mass is 180 g/mol. The van der Waals surface area contributed by atoms with E-state index in [1.165, 1.54) is 4.90 Å². The molecule has 1 atom stereocenters. The van der Waals surface area contributed by atoms with Gasteiger partial charge in [0.05, 0.1) is 0 Å². The first-order valence-electron chi connectivity index (χ1n) is 4.26. The Morgan fingerprint density at radius 3 is 2.77 bits per heavy atom. The largest absolute Gasteiger partial charge is 0.326 e. The molecule has 70 valence electrons. The highest BCUT2D eigenvalue weighted by Gasteiger charge is 2.35. The number of nitrogens with zero attached hydrogens (tertiary/aromatic N) is 1. The molecule has 0 radical (unpaired) electrons. The fourth-order valence-corrected chi connectivity index (χ4v) is 1.24. The van der Waals surface area contributed by atoms with E-state index >= 15 is 0 Å². The van der Waals surface area contributed by atoms with Gasteiger partial charge in [-0.25, -0.2) is 4.79 Å². The van der Waals surface area contributed by atoms with Gasteiger partial charge in [0, 0.05) is 13.0 Å². The maximum Gasteiger partial charge on any atom is 0.324 e. The van der Waals surface area contributed by atoms with Crippen LogP contribution >= 0.6 is 0 Å². The normalized spacial score (nSPS) is 21.5. The molecule has 1 heterocycles. The van der Waals surface area contributed by atoms with Crippen molar-refractivity contribution in [2.45, 2.75) is 25.8 Å². The van der Waals surface area contributed by atoms with E-state index in [0.29, 0.717) is 19.4 Å². The Morgan fingerprint density at radius 2 is 2.31 bits per heavy atom. The number of terminal acetylenes is 1. The molecule has 0 aromatic heterocycles. The van der Waals surface area contributed by atoms with Gasteiger partial charge in [-0.3, -0.25) is 9.69 Å². The number of hydrogen-bond donors (Lipinski definition) is 1. The first-order chi connectivity index (χ1) is 6.20. The number of hydrogen-bond acceptors (Lipinski definition) is 2. The number of urea groups is 1. The maximum absolute atomic E-state index is 11.4. The van der Waals surface area contributed by atoms with Crippen molar-refractivity contribution in [3.63, 3.8) is 0 Å². The first-order valence-corrected chi connectivity index (χ1v) is 4.26. The summed E-state index contributed by atoms with van der Waals surface area (Å²) in [6.45, 7) is 2.17. The van der Waals surface area contributed by atoms with Crippen molar-refractivity contribution in [2.24, 2.45) is 0 Å². The third-order valence-corrected chi connectivity index (χ3v) is 1.99. The van der Waals surface area contributed by atoms with E-state index in [1.54, 1.807) is 0 Å². The van der Waals surface area contributed by atoms with Crippen LogP contribution in [0.5, 0.6) is 0 Å². The summed E-state index contributed by atoms with van der Waals surface area (Å²) in [4.78, 5) is 23.8. The van der Waals surface area contributed by atoms with Crippen molar-refractivity contribution in [1.29, 1.82) is 0 Å². The van der Waals surface area contributed by atoms with Gasteiger partial charge in [-0.15, -0.1) is 12.3 Å². The van der Waals surface area contributed by atoms with Crippen LogP contribution in [0.15, 0.2) is 0 Å². The Kier molecular flexibility index (Phi) is 2.91. The summed E-state index contributed by atoms with van der Waals surface area (Å²) in [5.41, 5.74) is 0. The molecular weight excluding hydrogens is 168 g/mol. The van der Waals surface area contributed by atoms with Gasteiger partial charge in [0.15, 0.2) is 0 Å². The molecule has 0 aromatic rings. The van der Waals surface area contributed by atoms with Gasteiger partial charge >= 0.3 is 6.03 Å². The smallest absolute Gasteiger partial charge is 0.324 e. The molecule has 0 bridgehead atoms. The number of carbonyl (C=O) groups excluding carboxylic acids is 2.